The number of carbonyl (C=O) groups excluding carboxylic acids is 2. The number of ether oxygens (including phenoxy) is 1. The van der Waals surface area contributed by atoms with Crippen LogP contribution >= 0.6 is 39.9 Å². The van der Waals surface area contributed by atoms with Gasteiger partial charge in [0.05, 0.1) is 19.0 Å². The first kappa shape index (κ1) is 21.1. The van der Waals surface area contributed by atoms with Gasteiger partial charge in [0.15, 0.2) is 0 Å². The molecule has 0 atom stereocenters. The molecule has 0 aromatic heterocycles. The molecule has 1 aromatic carbocycles. The molecule has 0 aliphatic carbocycles. The van der Waals surface area contributed by atoms with E-state index in [-0.39, 0.29) is 18.3 Å². The number of rotatable bonds is 8. The van der Waals surface area contributed by atoms with Crippen molar-refractivity contribution in [3.05, 3.63) is 39.2 Å². The maximum atomic E-state index is 12.5. The van der Waals surface area contributed by atoms with Gasteiger partial charge in [0.2, 0.25) is 0 Å². The van der Waals surface area contributed by atoms with Crippen molar-refractivity contribution in [1.29, 1.82) is 0 Å². The largest absolute Gasteiger partial charge is 0.460 e. The summed E-state index contributed by atoms with van der Waals surface area (Å²) >= 11 is 10.0. The Balaban J connectivity index is 1.84. The molecular weight excluding hydrogens is 436 g/mol. The van der Waals surface area contributed by atoms with Crippen molar-refractivity contribution in [2.75, 3.05) is 33.8 Å². The molecule has 1 saturated heterocycles. The number of amides is 1. The third-order valence-corrected chi connectivity index (χ3v) is 5.52. The van der Waals surface area contributed by atoms with Crippen LogP contribution in [0.4, 0.5) is 0 Å². The number of hydrogen-bond donors (Lipinski definition) is 1. The summed E-state index contributed by atoms with van der Waals surface area (Å²) < 4.78 is 6.65. The van der Waals surface area contributed by atoms with Gasteiger partial charge in [-0.1, -0.05) is 52.0 Å². The average molecular weight is 458 g/mol. The topological polar surface area (TPSA) is 51.1 Å². The van der Waals surface area contributed by atoms with Crippen molar-refractivity contribution >= 4 is 62.2 Å². The number of nitrogens with one attached hydrogen (secondary N) is 1. The lowest BCUT2D eigenvalue weighted by atomic mass is 10.2. The van der Waals surface area contributed by atoms with E-state index in [9.17, 15) is 9.59 Å². The Kier molecular flexibility index (Phi) is 8.27. The Hall–Kier alpha value is -1.22. The number of esters is 1. The first-order valence-corrected chi connectivity index (χ1v) is 10.3. The summed E-state index contributed by atoms with van der Waals surface area (Å²) in [5, 5.41) is 0. The Labute approximate surface area is 171 Å². The zero-order valence-corrected chi connectivity index (χ0v) is 18.0. The summed E-state index contributed by atoms with van der Waals surface area (Å²) in [6, 6.07) is 7.72. The summed E-state index contributed by atoms with van der Waals surface area (Å²) in [6.45, 7) is 1.62. The predicted molar refractivity (Wildman–Crippen MR) is 112 cm³/mol. The number of quaternary nitrogens is 1. The summed E-state index contributed by atoms with van der Waals surface area (Å²) in [6.07, 6.45) is 2.65. The van der Waals surface area contributed by atoms with Crippen LogP contribution < -0.4 is 4.90 Å². The summed E-state index contributed by atoms with van der Waals surface area (Å²) in [7, 11) is 4.01. The molecule has 0 saturated carbocycles. The number of thioether (sulfide) groups is 1. The summed E-state index contributed by atoms with van der Waals surface area (Å²) in [5.41, 5.74) is 0.937. The predicted octanol–water partition coefficient (Wildman–Crippen LogP) is 2.12. The lowest BCUT2D eigenvalue weighted by Gasteiger charge is -2.14. The van der Waals surface area contributed by atoms with Crippen LogP contribution in [0.1, 0.15) is 18.4 Å². The van der Waals surface area contributed by atoms with E-state index in [0.29, 0.717) is 28.8 Å². The van der Waals surface area contributed by atoms with Gasteiger partial charge in [-0.25, -0.2) is 0 Å². The lowest BCUT2D eigenvalue weighted by molar-refractivity contribution is -0.858. The monoisotopic (exact) mass is 457 g/mol. The highest BCUT2D eigenvalue weighted by Gasteiger charge is 2.31. The standard InChI is InChI=1S/C18H21BrN2O3S2/c1-20(2)9-10-24-16(22)7-4-8-21-17(23)15(26-18(21)25)12-13-5-3-6-14(19)11-13/h3,5-6,11-12H,4,7-10H2,1-2H3/p+1. The molecular formula is C18H22BrN2O3S2+. The molecule has 5 nitrogen and oxygen atoms in total. The highest BCUT2D eigenvalue weighted by Crippen LogP contribution is 2.33. The van der Waals surface area contributed by atoms with Crippen LogP contribution in [0.25, 0.3) is 6.08 Å². The zero-order chi connectivity index (χ0) is 19.1. The maximum Gasteiger partial charge on any atom is 0.306 e. The molecule has 1 N–H and O–H groups in total. The molecule has 1 heterocycles. The van der Waals surface area contributed by atoms with Gasteiger partial charge >= 0.3 is 5.97 Å². The van der Waals surface area contributed by atoms with Gasteiger partial charge in [-0.15, -0.1) is 0 Å². The van der Waals surface area contributed by atoms with Crippen molar-refractivity contribution in [1.82, 2.24) is 4.90 Å². The Bertz CT molecular complexity index is 722. The number of halogens is 1. The number of likely N-dealkylation sites (N-methyl/N-ethyl adjacent to an activating group) is 1. The van der Waals surface area contributed by atoms with Crippen molar-refractivity contribution < 1.29 is 19.2 Å². The van der Waals surface area contributed by atoms with Crippen molar-refractivity contribution in [2.24, 2.45) is 0 Å². The molecule has 1 aliphatic heterocycles. The number of hydrogen-bond acceptors (Lipinski definition) is 5. The molecule has 26 heavy (non-hydrogen) atoms. The fourth-order valence-corrected chi connectivity index (χ4v) is 3.99. The molecule has 0 bridgehead atoms. The van der Waals surface area contributed by atoms with Crippen LogP contribution in [0.15, 0.2) is 33.6 Å². The van der Waals surface area contributed by atoms with Crippen molar-refractivity contribution in [2.45, 2.75) is 12.8 Å². The zero-order valence-electron chi connectivity index (χ0n) is 14.8. The molecule has 1 aromatic rings. The van der Waals surface area contributed by atoms with Crippen molar-refractivity contribution in [3.8, 4) is 0 Å². The minimum Gasteiger partial charge on any atom is -0.460 e. The molecule has 1 aliphatic rings. The quantitative estimate of drug-likeness (QED) is 0.368. The first-order chi connectivity index (χ1) is 12.4. The van der Waals surface area contributed by atoms with E-state index in [1.165, 1.54) is 16.7 Å². The lowest BCUT2D eigenvalue weighted by Crippen LogP contribution is -3.06. The second-order valence-electron chi connectivity index (χ2n) is 6.17. The van der Waals surface area contributed by atoms with Crippen LogP contribution in [0.3, 0.4) is 0 Å². The Morgan fingerprint density at radius 2 is 2.19 bits per heavy atom. The third-order valence-electron chi connectivity index (χ3n) is 3.65. The second kappa shape index (κ2) is 10.2. The van der Waals surface area contributed by atoms with E-state index >= 15 is 0 Å². The molecule has 0 unspecified atom stereocenters. The molecule has 1 amide bonds. The number of carbonyl (C=O) groups is 2. The number of thiocarbonyl (C=S) groups is 1. The highest BCUT2D eigenvalue weighted by atomic mass is 79.9. The smallest absolute Gasteiger partial charge is 0.306 e. The van der Waals surface area contributed by atoms with Gasteiger partial charge < -0.3 is 9.64 Å². The highest BCUT2D eigenvalue weighted by molar-refractivity contribution is 9.10. The maximum absolute atomic E-state index is 12.5. The summed E-state index contributed by atoms with van der Waals surface area (Å²) in [4.78, 5) is 27.6. The normalized spacial score (nSPS) is 16.0. The Morgan fingerprint density at radius 3 is 2.88 bits per heavy atom. The van der Waals surface area contributed by atoms with Crippen molar-refractivity contribution in [3.63, 3.8) is 0 Å². The van der Waals surface area contributed by atoms with Crippen LogP contribution in [-0.4, -0.2) is 54.9 Å². The number of benzene rings is 1. The molecule has 0 spiro atoms. The van der Waals surface area contributed by atoms with Gasteiger partial charge in [0.25, 0.3) is 5.91 Å². The van der Waals surface area contributed by atoms with E-state index in [0.717, 1.165) is 16.6 Å². The average Bonchev–Trinajstić information content (AvgIpc) is 2.82. The van der Waals surface area contributed by atoms with E-state index in [2.05, 4.69) is 15.9 Å². The number of nitrogens with zero attached hydrogens (tertiary/aromatic N) is 1. The van der Waals surface area contributed by atoms with E-state index in [1.54, 1.807) is 4.90 Å². The molecule has 2 rings (SSSR count). The van der Waals surface area contributed by atoms with Gasteiger partial charge in [-0.05, 0) is 30.2 Å². The van der Waals surface area contributed by atoms with Gasteiger partial charge in [0, 0.05) is 17.4 Å². The van der Waals surface area contributed by atoms with E-state index < -0.39 is 0 Å². The first-order valence-electron chi connectivity index (χ1n) is 8.32. The summed E-state index contributed by atoms with van der Waals surface area (Å²) in [5.74, 6) is -0.342. The van der Waals surface area contributed by atoms with Gasteiger partial charge in [-0.2, -0.15) is 0 Å². The van der Waals surface area contributed by atoms with E-state index in [4.69, 9.17) is 17.0 Å². The van der Waals surface area contributed by atoms with Crippen LogP contribution in [0, 0.1) is 0 Å². The third kappa shape index (κ3) is 6.50. The minimum absolute atomic E-state index is 0.107. The van der Waals surface area contributed by atoms with Gasteiger partial charge in [0.1, 0.15) is 17.5 Å². The Morgan fingerprint density at radius 1 is 1.42 bits per heavy atom. The molecule has 1 fully saturated rings. The van der Waals surface area contributed by atoms with Crippen LogP contribution in [0.2, 0.25) is 0 Å². The molecule has 0 radical (unpaired) electrons. The van der Waals surface area contributed by atoms with Crippen LogP contribution in [0.5, 0.6) is 0 Å². The molecule has 8 heteroatoms. The van der Waals surface area contributed by atoms with Gasteiger partial charge in [-0.3, -0.25) is 14.5 Å². The fraction of sp³-hybridized carbons (Fsp3) is 0.389. The molecule has 140 valence electrons. The second-order valence-corrected chi connectivity index (χ2v) is 8.76. The minimum atomic E-state index is -0.235. The van der Waals surface area contributed by atoms with E-state index in [1.807, 2.05) is 44.4 Å². The fourth-order valence-electron chi connectivity index (χ4n) is 2.26. The SMILES string of the molecule is C[NH+](C)CCOC(=O)CCCN1C(=O)C(=Cc2cccc(Br)c2)SC1=S. The van der Waals surface area contributed by atoms with Crippen LogP contribution in [-0.2, 0) is 14.3 Å².